The first-order valence-corrected chi connectivity index (χ1v) is 28.9. The van der Waals surface area contributed by atoms with Gasteiger partial charge in [-0.15, -0.1) is 5.75 Å². The molecule has 470 valence electrons. The normalized spacial score (nSPS) is 21.5. The van der Waals surface area contributed by atoms with Crippen LogP contribution in [0.2, 0.25) is 15.1 Å². The average molecular weight is 1330 g/mol. The second kappa shape index (κ2) is 24.3. The molecule has 2 unspecified atom stereocenters. The van der Waals surface area contributed by atoms with Gasteiger partial charge in [0, 0.05) is 29.2 Å². The molecule has 0 amide bonds. The number of ether oxygens (including phenoxy) is 4. The molecule has 0 aliphatic carbocycles. The van der Waals surface area contributed by atoms with E-state index < -0.39 is 191 Å². The fraction of sp³-hybridized carbons (Fsp3) is 0.169. The largest absolute Gasteiger partial charge is 0.872 e. The molecule has 28 nitrogen and oxygen atoms in total. The number of aromatic hydroxyl groups is 4. The van der Waals surface area contributed by atoms with Crippen molar-refractivity contribution >= 4 is 86.6 Å². The number of carbonyl (C=O) groups excluding carboxylic acids is 1. The highest BCUT2D eigenvalue weighted by molar-refractivity contribution is 7.81. The van der Waals surface area contributed by atoms with Crippen molar-refractivity contribution < 1.29 is 102 Å². The molecular formula is C59H45Cl3N7O21S-. The second-order valence-electron chi connectivity index (χ2n) is 20.6. The Morgan fingerprint density at radius 1 is 0.582 bits per heavy atom. The number of halogens is 3. The first kappa shape index (κ1) is 62.3. The fourth-order valence-corrected chi connectivity index (χ4v) is 11.3. The van der Waals surface area contributed by atoms with Gasteiger partial charge in [0.25, 0.3) is 0 Å². The van der Waals surface area contributed by atoms with Crippen molar-refractivity contribution in [2.24, 2.45) is 35.7 Å². The van der Waals surface area contributed by atoms with Gasteiger partial charge >= 0.3 is 16.4 Å². The van der Waals surface area contributed by atoms with Gasteiger partial charge in [0.15, 0.2) is 53.2 Å². The molecule has 7 aromatic carbocycles. The summed E-state index contributed by atoms with van der Waals surface area (Å²) >= 11 is 20.5. The van der Waals surface area contributed by atoms with Crippen molar-refractivity contribution in [3.05, 3.63) is 163 Å². The zero-order valence-corrected chi connectivity index (χ0v) is 49.1. The van der Waals surface area contributed by atoms with Gasteiger partial charge in [-0.05, 0) is 112 Å². The molecule has 13 rings (SSSR count). The van der Waals surface area contributed by atoms with Crippen LogP contribution in [-0.4, -0.2) is 130 Å². The van der Waals surface area contributed by atoms with Gasteiger partial charge in [-0.2, -0.15) is 8.42 Å². The molecule has 0 spiro atoms. The maximum absolute atomic E-state index is 13.8. The van der Waals surface area contributed by atoms with Crippen LogP contribution in [0.3, 0.4) is 0 Å². The van der Waals surface area contributed by atoms with Crippen molar-refractivity contribution in [3.63, 3.8) is 0 Å². The summed E-state index contributed by atoms with van der Waals surface area (Å²) in [5.41, 5.74) is 3.96. The molecule has 6 aliphatic rings. The summed E-state index contributed by atoms with van der Waals surface area (Å²) in [4.78, 5) is 39.7. The minimum absolute atomic E-state index is 0.0306. The Labute approximate surface area is 527 Å². The number of fused-ring (bicyclic) bond motifs is 12. The molecule has 14 N–H and O–H groups in total. The number of nitrogens with zero attached hydrogens (tertiary/aromatic N) is 6. The summed E-state index contributed by atoms with van der Waals surface area (Å²) in [5, 5.41) is 145. The molecule has 91 heavy (non-hydrogen) atoms. The third-order valence-corrected chi connectivity index (χ3v) is 15.8. The number of rotatable bonds is 3. The van der Waals surface area contributed by atoms with E-state index in [9.17, 15) is 79.0 Å². The minimum Gasteiger partial charge on any atom is -0.872 e. The third-order valence-electron chi connectivity index (χ3n) is 14.5. The Hall–Kier alpha value is -10.3. The minimum atomic E-state index is -5.26. The molecule has 32 heteroatoms. The van der Waals surface area contributed by atoms with Crippen molar-refractivity contribution in [2.75, 3.05) is 7.11 Å². The maximum atomic E-state index is 13.8. The molecule has 8 atom stereocenters. The Morgan fingerprint density at radius 2 is 1.16 bits per heavy atom. The Bertz CT molecular complexity index is 4510. The number of esters is 1. The van der Waals surface area contributed by atoms with E-state index in [4.69, 9.17) is 63.7 Å². The van der Waals surface area contributed by atoms with Gasteiger partial charge in [0.2, 0.25) is 41.1 Å². The smallest absolute Gasteiger partial charge is 0.446 e. The topological polar surface area (TPSA) is 463 Å². The van der Waals surface area contributed by atoms with Crippen LogP contribution in [-0.2, 0) is 26.4 Å². The van der Waals surface area contributed by atoms with E-state index in [2.05, 4.69) is 30.0 Å². The number of nitrogens with two attached hydrogens (primary N) is 1. The lowest BCUT2D eigenvalue weighted by Gasteiger charge is -2.25. The lowest BCUT2D eigenvalue weighted by molar-refractivity contribution is -0.268. The first-order chi connectivity index (χ1) is 43.1. The van der Waals surface area contributed by atoms with Crippen LogP contribution in [0.5, 0.6) is 69.0 Å². The molecule has 6 heterocycles. The van der Waals surface area contributed by atoms with Gasteiger partial charge in [-0.3, -0.25) is 4.55 Å². The summed E-state index contributed by atoms with van der Waals surface area (Å²) in [5.74, 6) is -15.3. The number of hydrogen-bond donors (Lipinski definition) is 13. The van der Waals surface area contributed by atoms with Crippen LogP contribution in [0.25, 0.3) is 11.1 Å². The lowest BCUT2D eigenvalue weighted by Crippen LogP contribution is -2.31. The average Bonchev–Trinajstić information content (AvgIpc) is 1.16. The first-order valence-electron chi connectivity index (χ1n) is 26.4. The summed E-state index contributed by atoms with van der Waals surface area (Å²) in [6.45, 7) is 0. The van der Waals surface area contributed by atoms with Crippen molar-refractivity contribution in [3.8, 4) is 80.1 Å². The van der Waals surface area contributed by atoms with Crippen LogP contribution >= 0.6 is 34.8 Å². The molecule has 17 bridgehead atoms. The van der Waals surface area contributed by atoms with E-state index in [0.717, 1.165) is 79.9 Å². The number of methoxy groups -OCH3 is 1. The molecule has 0 fully saturated rings. The van der Waals surface area contributed by atoms with E-state index in [1.807, 2.05) is 0 Å². The van der Waals surface area contributed by atoms with Gasteiger partial charge in [-0.1, -0.05) is 59.1 Å². The van der Waals surface area contributed by atoms with Gasteiger partial charge in [-0.25, -0.2) is 34.7 Å². The van der Waals surface area contributed by atoms with E-state index in [1.54, 1.807) is 0 Å². The summed E-state index contributed by atoms with van der Waals surface area (Å²) < 4.78 is 62.0. The standard InChI is InChI=1S/C59H46Cl3N7O21S/c1-86-59(82)48-30-19-28(71)20-36(72)43(30)31-12-25(14-34(62)51(31)74)46-57(80)69-49(58(81)68-48)50(73)23-4-6-38(33(61)13-23)89-42-17-26-16-41(52(42)75)88-37-5-2-21(8-32(37)60)9-35-53(76)65-45(55(78)67-47(26)56(79)66-46)24-10-27(70)18-29(11-24)87-40-15-22(44(63)54(77)64-35)3-7-39(40)90-91(83,84)85/h2-8,10-20,35,44-50,70-75H,9,63H2,1H3,(H,64,77)(H,65,76)(H,66,79)(H,67,78)(H,68,81)(H,69,80)(H,83,84,85)/p-1/t35-,44+,45?,46-,47-,48?,49+,50-/m1/s1. The summed E-state index contributed by atoms with van der Waals surface area (Å²) in [6, 6.07) is 5.41. The highest BCUT2D eigenvalue weighted by atomic mass is 35.5. The van der Waals surface area contributed by atoms with Gasteiger partial charge in [0.05, 0.1) is 22.2 Å². The fourth-order valence-electron chi connectivity index (χ4n) is 10.2. The van der Waals surface area contributed by atoms with E-state index in [0.29, 0.717) is 0 Å². The van der Waals surface area contributed by atoms with E-state index in [1.165, 1.54) is 36.4 Å². The number of aliphatic hydroxyl groups is 7. The zero-order valence-electron chi connectivity index (χ0n) is 46.1. The number of phenols is 4. The highest BCUT2D eigenvalue weighted by Crippen LogP contribution is 2.50. The highest BCUT2D eigenvalue weighted by Gasteiger charge is 2.38. The number of phenolic OH excluding ortho intramolecular Hbond substituents is 4. The Morgan fingerprint density at radius 3 is 1.80 bits per heavy atom. The Kier molecular flexibility index (Phi) is 16.6. The number of aliphatic imine (C=N–C) groups is 6. The van der Waals surface area contributed by atoms with Crippen LogP contribution in [0.4, 0.5) is 0 Å². The third kappa shape index (κ3) is 12.6. The number of benzene rings is 7. The second-order valence-corrected chi connectivity index (χ2v) is 22.8. The summed E-state index contributed by atoms with van der Waals surface area (Å²) in [6.07, 6.45) is -2.53. The predicted octanol–water partition coefficient (Wildman–Crippen LogP) is 9.61. The summed E-state index contributed by atoms with van der Waals surface area (Å²) in [7, 11) is -4.32. The predicted molar refractivity (Wildman–Crippen MR) is 324 cm³/mol. The Balaban J connectivity index is 1.23. The maximum Gasteiger partial charge on any atom is 0.446 e. The SMILES string of the molecule is COC(=O)C1N=C(O)[C@H]2N=C(O)[C@H](N=C(O)[C@@H]3N=C(O)C4N=C(O)[C@@H](Cc5ccc(c(Cl)c5)Oc5cc3cc(c5O)Oc3ccc(cc3Cl)[C@H]2O)N=C(O)[C@@H](N)c2ccc(OS(=O)(=O)O)c(c2)Oc2cc([O-])cc4c2)c2cc(Cl)c(O)c(c2)-c2c(O)cc(O)cc21. The van der Waals surface area contributed by atoms with Crippen LogP contribution in [0.15, 0.2) is 139 Å². The number of carbonyl (C=O) groups is 1. The quantitative estimate of drug-likeness (QED) is 0.0578. The van der Waals surface area contributed by atoms with E-state index in [-0.39, 0.29) is 49.4 Å². The zero-order chi connectivity index (χ0) is 65.2. The van der Waals surface area contributed by atoms with Crippen molar-refractivity contribution in [2.45, 2.75) is 54.8 Å². The molecule has 0 aromatic heterocycles. The molecule has 7 aromatic rings. The van der Waals surface area contributed by atoms with Crippen molar-refractivity contribution in [1.82, 2.24) is 0 Å². The van der Waals surface area contributed by atoms with Gasteiger partial charge in [0.1, 0.15) is 52.7 Å². The monoisotopic (exact) mass is 1320 g/mol. The van der Waals surface area contributed by atoms with Crippen LogP contribution < -0.4 is 29.2 Å². The number of hydrogen-bond acceptors (Lipinski definition) is 21. The molecule has 0 radical (unpaired) electrons. The number of aliphatic hydroxyl groups excluding tert-OH is 7. The molecule has 0 saturated carbocycles. The van der Waals surface area contributed by atoms with Crippen LogP contribution in [0.1, 0.15) is 75.3 Å². The molecular weight excluding hydrogens is 1280 g/mol. The molecule has 6 aliphatic heterocycles. The van der Waals surface area contributed by atoms with Crippen molar-refractivity contribution in [1.29, 1.82) is 0 Å². The van der Waals surface area contributed by atoms with Crippen LogP contribution in [0, 0.1) is 0 Å². The van der Waals surface area contributed by atoms with E-state index >= 15 is 0 Å². The van der Waals surface area contributed by atoms with Gasteiger partial charge < -0.3 is 90.1 Å². The lowest BCUT2D eigenvalue weighted by atomic mass is 9.90. The molecule has 0 saturated heterocycles.